The van der Waals surface area contributed by atoms with Crippen molar-refractivity contribution < 1.29 is 14.6 Å². The maximum atomic E-state index is 10.9. The third-order valence-corrected chi connectivity index (χ3v) is 4.41. The van der Waals surface area contributed by atoms with Crippen molar-refractivity contribution in [2.24, 2.45) is 0 Å². The van der Waals surface area contributed by atoms with Gasteiger partial charge in [0, 0.05) is 13.1 Å². The van der Waals surface area contributed by atoms with Crippen LogP contribution in [0, 0.1) is 0 Å². The number of para-hydroxylation sites is 1. The molecular formula is C22H20ClN5O3. The van der Waals surface area contributed by atoms with Gasteiger partial charge in [0.2, 0.25) is 0 Å². The van der Waals surface area contributed by atoms with Crippen LogP contribution < -0.4 is 10.1 Å². The number of halogens is 1. The Balaban J connectivity index is 0.00000272. The van der Waals surface area contributed by atoms with Gasteiger partial charge in [-0.05, 0) is 58.0 Å². The van der Waals surface area contributed by atoms with Crippen LogP contribution in [0.2, 0.25) is 0 Å². The van der Waals surface area contributed by atoms with Crippen molar-refractivity contribution in [2.45, 2.75) is 13.1 Å². The lowest BCUT2D eigenvalue weighted by atomic mass is 10.1. The van der Waals surface area contributed by atoms with E-state index in [4.69, 9.17) is 9.84 Å². The Kier molecular flexibility index (Phi) is 7.31. The van der Waals surface area contributed by atoms with Gasteiger partial charge >= 0.3 is 12.0 Å². The van der Waals surface area contributed by atoms with E-state index in [1.54, 1.807) is 24.3 Å². The summed E-state index contributed by atoms with van der Waals surface area (Å²) in [5.74, 6) is -0.295. The zero-order valence-corrected chi connectivity index (χ0v) is 17.2. The van der Waals surface area contributed by atoms with Gasteiger partial charge in [-0.15, -0.1) is 12.4 Å². The van der Waals surface area contributed by atoms with Crippen molar-refractivity contribution in [3.63, 3.8) is 0 Å². The predicted molar refractivity (Wildman–Crippen MR) is 117 cm³/mol. The maximum Gasteiger partial charge on any atom is 0.345 e. The topological polar surface area (TPSA) is 102 Å². The number of rotatable bonds is 8. The molecule has 1 heterocycles. The molecule has 1 aromatic heterocycles. The first-order chi connectivity index (χ1) is 14.7. The molecule has 2 N–H and O–H groups in total. The minimum atomic E-state index is -0.926. The van der Waals surface area contributed by atoms with Gasteiger partial charge in [-0.1, -0.05) is 47.6 Å². The Labute approximate surface area is 184 Å². The lowest BCUT2D eigenvalue weighted by Gasteiger charge is -2.09. The van der Waals surface area contributed by atoms with E-state index in [2.05, 4.69) is 20.8 Å². The maximum absolute atomic E-state index is 10.9. The fourth-order valence-corrected chi connectivity index (χ4v) is 2.91. The second-order valence-electron chi connectivity index (χ2n) is 6.56. The molecule has 0 fully saturated rings. The molecule has 0 unspecified atom stereocenters. The monoisotopic (exact) mass is 437 g/mol. The minimum Gasteiger partial charge on any atom is -0.478 e. The number of carboxylic acid groups (broad SMARTS) is 1. The highest BCUT2D eigenvalue weighted by Crippen LogP contribution is 2.22. The number of nitrogens with zero attached hydrogens (tertiary/aromatic N) is 4. The first-order valence-electron chi connectivity index (χ1n) is 9.32. The Hall–Kier alpha value is -3.75. The van der Waals surface area contributed by atoms with Crippen LogP contribution in [-0.4, -0.2) is 31.3 Å². The van der Waals surface area contributed by atoms with Gasteiger partial charge < -0.3 is 15.2 Å². The highest BCUT2D eigenvalue weighted by molar-refractivity contribution is 5.87. The van der Waals surface area contributed by atoms with E-state index in [1.807, 2.05) is 54.6 Å². The van der Waals surface area contributed by atoms with E-state index >= 15 is 0 Å². The zero-order chi connectivity index (χ0) is 20.8. The first-order valence-corrected chi connectivity index (χ1v) is 9.32. The van der Waals surface area contributed by atoms with Crippen molar-refractivity contribution in [2.75, 3.05) is 0 Å². The summed E-state index contributed by atoms with van der Waals surface area (Å²) in [5, 5.41) is 24.0. The summed E-state index contributed by atoms with van der Waals surface area (Å²) < 4.78 is 7.42. The summed E-state index contributed by atoms with van der Waals surface area (Å²) in [5.41, 5.74) is 3.13. The molecule has 0 aliphatic rings. The van der Waals surface area contributed by atoms with Gasteiger partial charge in [0.25, 0.3) is 0 Å². The third-order valence-electron chi connectivity index (χ3n) is 4.41. The largest absolute Gasteiger partial charge is 0.478 e. The van der Waals surface area contributed by atoms with Crippen molar-refractivity contribution in [3.05, 3.63) is 95.6 Å². The average Bonchev–Trinajstić information content (AvgIpc) is 3.23. The van der Waals surface area contributed by atoms with Gasteiger partial charge in [-0.2, -0.15) is 4.68 Å². The summed E-state index contributed by atoms with van der Waals surface area (Å²) in [4.78, 5) is 10.9. The predicted octanol–water partition coefficient (Wildman–Crippen LogP) is 3.86. The number of carboxylic acids is 1. The molecule has 0 aliphatic heterocycles. The minimum absolute atomic E-state index is 0. The third kappa shape index (κ3) is 5.65. The van der Waals surface area contributed by atoms with Crippen molar-refractivity contribution >= 4 is 18.4 Å². The molecule has 3 aromatic carbocycles. The van der Waals surface area contributed by atoms with E-state index in [9.17, 15) is 4.79 Å². The Bertz CT molecular complexity index is 1130. The van der Waals surface area contributed by atoms with E-state index < -0.39 is 5.97 Å². The van der Waals surface area contributed by atoms with Crippen LogP contribution in [-0.2, 0) is 13.1 Å². The molecule has 158 valence electrons. The molecule has 0 atom stereocenters. The summed E-state index contributed by atoms with van der Waals surface area (Å²) in [6, 6.07) is 24.3. The molecule has 0 saturated heterocycles. The molecule has 31 heavy (non-hydrogen) atoms. The van der Waals surface area contributed by atoms with E-state index in [-0.39, 0.29) is 24.0 Å². The van der Waals surface area contributed by atoms with Crippen molar-refractivity contribution in [3.8, 4) is 17.4 Å². The fourth-order valence-electron chi connectivity index (χ4n) is 2.91. The molecule has 4 aromatic rings. The van der Waals surface area contributed by atoms with E-state index in [1.165, 1.54) is 4.68 Å². The van der Waals surface area contributed by atoms with Crippen LogP contribution in [0.4, 0.5) is 0 Å². The number of aromatic nitrogens is 4. The van der Waals surface area contributed by atoms with Crippen LogP contribution >= 0.6 is 12.4 Å². The summed E-state index contributed by atoms with van der Waals surface area (Å²) in [6.07, 6.45) is 0. The number of aromatic carboxylic acids is 1. The van der Waals surface area contributed by atoms with E-state index in [0.717, 1.165) is 16.8 Å². The fraction of sp³-hybridized carbons (Fsp3) is 0.0909. The smallest absolute Gasteiger partial charge is 0.345 e. The molecule has 0 bridgehead atoms. The van der Waals surface area contributed by atoms with Crippen molar-refractivity contribution in [1.29, 1.82) is 0 Å². The molecule has 0 amide bonds. The quantitative estimate of drug-likeness (QED) is 0.431. The molecule has 0 radical (unpaired) electrons. The summed E-state index contributed by atoms with van der Waals surface area (Å²) in [6.45, 7) is 1.25. The van der Waals surface area contributed by atoms with Crippen LogP contribution in [0.5, 0.6) is 11.8 Å². The Morgan fingerprint density at radius 2 is 1.68 bits per heavy atom. The molecule has 0 aliphatic carbocycles. The Morgan fingerprint density at radius 1 is 0.935 bits per heavy atom. The first kappa shape index (κ1) is 21.9. The van der Waals surface area contributed by atoms with Crippen LogP contribution in [0.25, 0.3) is 5.69 Å². The standard InChI is InChI=1S/C22H19N5O3.ClH/c28-21(29)18-11-9-16(10-12-18)14-23-15-17-5-4-8-20(13-17)30-22-24-25-26-27(22)19-6-2-1-3-7-19;/h1-13,23H,14-15H2,(H,28,29);1H. The average molecular weight is 438 g/mol. The molecule has 4 rings (SSSR count). The SMILES string of the molecule is Cl.O=C(O)c1ccc(CNCc2cccc(Oc3nnnn3-c3ccccc3)c2)cc1. The number of tetrazole rings is 1. The van der Waals surface area contributed by atoms with Crippen LogP contribution in [0.1, 0.15) is 21.5 Å². The molecule has 0 spiro atoms. The second kappa shape index (κ2) is 10.3. The highest BCUT2D eigenvalue weighted by Gasteiger charge is 2.10. The number of carbonyl (C=O) groups is 1. The summed E-state index contributed by atoms with van der Waals surface area (Å²) >= 11 is 0. The lowest BCUT2D eigenvalue weighted by molar-refractivity contribution is 0.0697. The number of benzene rings is 3. The van der Waals surface area contributed by atoms with Gasteiger partial charge in [-0.3, -0.25) is 0 Å². The van der Waals surface area contributed by atoms with Crippen LogP contribution in [0.3, 0.4) is 0 Å². The molecule has 9 heteroatoms. The Morgan fingerprint density at radius 3 is 2.42 bits per heavy atom. The van der Waals surface area contributed by atoms with Gasteiger partial charge in [0.1, 0.15) is 5.75 Å². The molecular weight excluding hydrogens is 418 g/mol. The number of hydrogen-bond acceptors (Lipinski definition) is 6. The number of ether oxygens (including phenoxy) is 1. The highest BCUT2D eigenvalue weighted by atomic mass is 35.5. The lowest BCUT2D eigenvalue weighted by Crippen LogP contribution is -2.12. The normalized spacial score (nSPS) is 10.3. The second-order valence-corrected chi connectivity index (χ2v) is 6.56. The van der Waals surface area contributed by atoms with Crippen LogP contribution in [0.15, 0.2) is 78.9 Å². The summed E-state index contributed by atoms with van der Waals surface area (Å²) in [7, 11) is 0. The zero-order valence-electron chi connectivity index (χ0n) is 16.4. The molecule has 0 saturated carbocycles. The van der Waals surface area contributed by atoms with E-state index in [0.29, 0.717) is 18.8 Å². The van der Waals surface area contributed by atoms with Gasteiger partial charge in [-0.25, -0.2) is 4.79 Å². The van der Waals surface area contributed by atoms with Gasteiger partial charge in [0.05, 0.1) is 11.3 Å². The van der Waals surface area contributed by atoms with Gasteiger partial charge in [0.15, 0.2) is 0 Å². The number of nitrogens with one attached hydrogen (secondary N) is 1. The van der Waals surface area contributed by atoms with Crippen molar-refractivity contribution in [1.82, 2.24) is 25.5 Å². The number of hydrogen-bond donors (Lipinski definition) is 2. The molecule has 8 nitrogen and oxygen atoms in total.